The largest absolute Gasteiger partial charge is 0.480 e. The van der Waals surface area contributed by atoms with Crippen LogP contribution in [0.25, 0.3) is 0 Å². The molecular weight excluding hydrogens is 512 g/mol. The van der Waals surface area contributed by atoms with Crippen LogP contribution in [0.1, 0.15) is 64.2 Å². The zero-order valence-corrected chi connectivity index (χ0v) is 22.4. The van der Waals surface area contributed by atoms with E-state index in [-0.39, 0.29) is 44.6 Å². The Morgan fingerprint density at radius 3 is 1.56 bits per heavy atom. The van der Waals surface area contributed by atoms with E-state index in [1.807, 2.05) is 0 Å². The molecule has 0 aromatic rings. The quantitative estimate of drug-likeness (QED) is 0.0352. The highest BCUT2D eigenvalue weighted by atomic mass is 16.4. The van der Waals surface area contributed by atoms with Crippen molar-refractivity contribution in [3.8, 4) is 0 Å². The molecule has 0 rings (SSSR count). The predicted molar refractivity (Wildman–Crippen MR) is 146 cm³/mol. The zero-order chi connectivity index (χ0) is 29.8. The molecule has 16 nitrogen and oxygen atoms in total. The number of rotatable bonds is 22. The Bertz CT molecular complexity index is 821. The second kappa shape index (κ2) is 20.5. The van der Waals surface area contributed by atoms with Crippen molar-refractivity contribution in [3.05, 3.63) is 0 Å². The molecule has 0 aliphatic heterocycles. The third kappa shape index (κ3) is 16.9. The first-order valence-corrected chi connectivity index (χ1v) is 13.1. The SMILES string of the molecule is NCCCCC(NC(=O)C(N)CCC(N)=O)C(=O)NC(CCCCN)C(=O)NC(CCCN=C(N)N)C(=O)O. The maximum absolute atomic E-state index is 13.2. The fourth-order valence-electron chi connectivity index (χ4n) is 3.54. The maximum Gasteiger partial charge on any atom is 0.326 e. The van der Waals surface area contributed by atoms with Crippen molar-refractivity contribution in [2.45, 2.75) is 88.4 Å². The Balaban J connectivity index is 5.52. The summed E-state index contributed by atoms with van der Waals surface area (Å²) in [6.07, 6.45) is 2.83. The van der Waals surface area contributed by atoms with E-state index in [0.29, 0.717) is 45.2 Å². The lowest BCUT2D eigenvalue weighted by molar-refractivity contribution is -0.142. The van der Waals surface area contributed by atoms with Crippen LogP contribution in [0, 0.1) is 0 Å². The summed E-state index contributed by atoms with van der Waals surface area (Å²) in [6, 6.07) is -4.42. The van der Waals surface area contributed by atoms with E-state index in [4.69, 9.17) is 34.4 Å². The molecule has 4 amide bonds. The van der Waals surface area contributed by atoms with Gasteiger partial charge in [0.05, 0.1) is 6.04 Å². The van der Waals surface area contributed by atoms with Crippen molar-refractivity contribution in [1.29, 1.82) is 0 Å². The molecule has 224 valence electrons. The summed E-state index contributed by atoms with van der Waals surface area (Å²) in [5, 5.41) is 17.2. The molecule has 39 heavy (non-hydrogen) atoms. The monoisotopic (exact) mass is 558 g/mol. The van der Waals surface area contributed by atoms with Crippen LogP contribution in [0.4, 0.5) is 0 Å². The lowest BCUT2D eigenvalue weighted by Crippen LogP contribution is -2.57. The van der Waals surface area contributed by atoms with Crippen molar-refractivity contribution in [2.75, 3.05) is 19.6 Å². The first kappa shape index (κ1) is 35.5. The fourth-order valence-corrected chi connectivity index (χ4v) is 3.54. The molecule has 0 saturated heterocycles. The molecule has 4 atom stereocenters. The molecule has 0 bridgehead atoms. The van der Waals surface area contributed by atoms with Gasteiger partial charge in [-0.15, -0.1) is 0 Å². The molecule has 16 heteroatoms. The van der Waals surface area contributed by atoms with Gasteiger partial charge in [0.25, 0.3) is 0 Å². The maximum atomic E-state index is 13.2. The van der Waals surface area contributed by atoms with Gasteiger partial charge in [-0.25, -0.2) is 4.79 Å². The summed E-state index contributed by atoms with van der Waals surface area (Å²) in [7, 11) is 0. The van der Waals surface area contributed by atoms with Gasteiger partial charge in [0.2, 0.25) is 23.6 Å². The number of aliphatic carboxylic acids is 1. The Morgan fingerprint density at radius 1 is 0.667 bits per heavy atom. The summed E-state index contributed by atoms with van der Waals surface area (Å²) in [4.78, 5) is 65.2. The first-order valence-electron chi connectivity index (χ1n) is 13.1. The third-order valence-electron chi connectivity index (χ3n) is 5.76. The number of nitrogens with one attached hydrogen (secondary N) is 3. The molecule has 0 aromatic carbocycles. The number of carboxylic acids is 1. The number of hydrogen-bond acceptors (Lipinski definition) is 9. The lowest BCUT2D eigenvalue weighted by atomic mass is 10.0. The van der Waals surface area contributed by atoms with Crippen LogP contribution in [0.5, 0.6) is 0 Å². The highest BCUT2D eigenvalue weighted by molar-refractivity contribution is 5.94. The first-order chi connectivity index (χ1) is 18.4. The summed E-state index contributed by atoms with van der Waals surface area (Å²) in [5.74, 6) is -3.99. The number of guanidine groups is 1. The third-order valence-corrected chi connectivity index (χ3v) is 5.76. The van der Waals surface area contributed by atoms with Crippen LogP contribution in [-0.4, -0.2) is 84.5 Å². The second-order valence-corrected chi connectivity index (χ2v) is 9.15. The zero-order valence-electron chi connectivity index (χ0n) is 22.4. The van der Waals surface area contributed by atoms with Crippen molar-refractivity contribution in [1.82, 2.24) is 16.0 Å². The fraction of sp³-hybridized carbons (Fsp3) is 0.739. The minimum absolute atomic E-state index is 0.00217. The normalized spacial score (nSPS) is 13.8. The number of aliphatic imine (C=N–C) groups is 1. The smallest absolute Gasteiger partial charge is 0.326 e. The molecule has 0 aliphatic rings. The summed E-state index contributed by atoms with van der Waals surface area (Å²) in [6.45, 7) is 0.931. The minimum Gasteiger partial charge on any atom is -0.480 e. The van der Waals surface area contributed by atoms with Crippen molar-refractivity contribution >= 4 is 35.6 Å². The Kier molecular flexibility index (Phi) is 18.6. The van der Waals surface area contributed by atoms with Gasteiger partial charge in [-0.1, -0.05) is 0 Å². The van der Waals surface area contributed by atoms with E-state index in [0.717, 1.165) is 0 Å². The molecule has 0 heterocycles. The van der Waals surface area contributed by atoms with Gasteiger partial charge in [0.15, 0.2) is 5.96 Å². The van der Waals surface area contributed by atoms with E-state index in [9.17, 15) is 29.1 Å². The van der Waals surface area contributed by atoms with E-state index < -0.39 is 53.8 Å². The van der Waals surface area contributed by atoms with Crippen LogP contribution in [0.2, 0.25) is 0 Å². The lowest BCUT2D eigenvalue weighted by Gasteiger charge is -2.25. The Labute approximate surface area is 228 Å². The Hall–Kier alpha value is -3.50. The van der Waals surface area contributed by atoms with E-state index in [2.05, 4.69) is 20.9 Å². The van der Waals surface area contributed by atoms with E-state index in [1.54, 1.807) is 0 Å². The van der Waals surface area contributed by atoms with Crippen molar-refractivity contribution in [2.24, 2.45) is 39.4 Å². The van der Waals surface area contributed by atoms with Gasteiger partial charge in [-0.3, -0.25) is 24.2 Å². The topological polar surface area (TPSA) is 310 Å². The molecule has 0 spiro atoms. The van der Waals surface area contributed by atoms with Crippen LogP contribution in [0.3, 0.4) is 0 Å². The molecule has 0 aromatic heterocycles. The Morgan fingerprint density at radius 2 is 1.13 bits per heavy atom. The second-order valence-electron chi connectivity index (χ2n) is 9.15. The number of carboxylic acid groups (broad SMARTS) is 1. The van der Waals surface area contributed by atoms with Crippen molar-refractivity contribution in [3.63, 3.8) is 0 Å². The molecule has 0 radical (unpaired) electrons. The number of amides is 4. The van der Waals surface area contributed by atoms with E-state index in [1.165, 1.54) is 0 Å². The highest BCUT2D eigenvalue weighted by Crippen LogP contribution is 2.08. The van der Waals surface area contributed by atoms with Gasteiger partial charge in [0.1, 0.15) is 18.1 Å². The van der Waals surface area contributed by atoms with Crippen LogP contribution < -0.4 is 50.4 Å². The van der Waals surface area contributed by atoms with Crippen LogP contribution in [0.15, 0.2) is 4.99 Å². The number of unbranched alkanes of at least 4 members (excludes halogenated alkanes) is 2. The minimum atomic E-state index is -1.25. The number of nitrogens with zero attached hydrogens (tertiary/aromatic N) is 1. The van der Waals surface area contributed by atoms with Gasteiger partial charge >= 0.3 is 5.97 Å². The number of primary amides is 1. The molecule has 16 N–H and O–H groups in total. The summed E-state index contributed by atoms with van der Waals surface area (Å²) < 4.78 is 0. The van der Waals surface area contributed by atoms with Crippen molar-refractivity contribution < 1.29 is 29.1 Å². The van der Waals surface area contributed by atoms with Gasteiger partial charge in [-0.2, -0.15) is 0 Å². The predicted octanol–water partition coefficient (Wildman–Crippen LogP) is -3.57. The standard InChI is InChI=1S/C23H46N10O6/c24-11-3-1-6-15(31-19(35)14(26)9-10-18(27)34)20(36)32-16(7-2-4-12-25)21(37)33-17(22(38)39)8-5-13-30-23(28)29/h14-17H,1-13,24-26H2,(H2,27,34)(H,31,35)(H,32,36)(H,33,37)(H,38,39)(H4,28,29,30). The number of carbonyl (C=O) groups is 5. The molecule has 0 fully saturated rings. The van der Waals surface area contributed by atoms with E-state index >= 15 is 0 Å². The summed E-state index contributed by atoms with van der Waals surface area (Å²) >= 11 is 0. The molecule has 0 saturated carbocycles. The number of nitrogens with two attached hydrogens (primary N) is 6. The van der Waals surface area contributed by atoms with Gasteiger partial charge in [0, 0.05) is 13.0 Å². The number of hydrogen-bond donors (Lipinski definition) is 10. The number of carbonyl (C=O) groups excluding carboxylic acids is 4. The van der Waals surface area contributed by atoms with Gasteiger partial charge < -0.3 is 55.5 Å². The van der Waals surface area contributed by atoms with Gasteiger partial charge in [-0.05, 0) is 70.9 Å². The summed E-state index contributed by atoms with van der Waals surface area (Å²) in [5.41, 5.74) is 32.6. The molecular formula is C23H46N10O6. The van der Waals surface area contributed by atoms with Crippen LogP contribution >= 0.6 is 0 Å². The molecule has 0 aliphatic carbocycles. The molecule has 4 unspecified atom stereocenters. The average molecular weight is 559 g/mol. The van der Waals surface area contributed by atoms with Crippen LogP contribution in [-0.2, 0) is 24.0 Å². The highest BCUT2D eigenvalue weighted by Gasteiger charge is 2.30. The average Bonchev–Trinajstić information content (AvgIpc) is 2.87.